The standard InChI is InChI=1S/C17H13BrN2O/c18-14-10-13-7-4-8-15(17(13)19-11-14)20-16(21)9-12-5-2-1-3-6-12/h1-8,10-11H,9H2,(H,20,21). The van der Waals surface area contributed by atoms with Crippen LogP contribution in [0.1, 0.15) is 5.56 Å². The Morgan fingerprint density at radius 2 is 1.90 bits per heavy atom. The van der Waals surface area contributed by atoms with E-state index in [1.54, 1.807) is 6.20 Å². The zero-order chi connectivity index (χ0) is 14.7. The molecule has 1 aromatic heterocycles. The van der Waals surface area contributed by atoms with Crippen LogP contribution in [0, 0.1) is 0 Å². The summed E-state index contributed by atoms with van der Waals surface area (Å²) >= 11 is 3.40. The van der Waals surface area contributed by atoms with Crippen LogP contribution >= 0.6 is 15.9 Å². The van der Waals surface area contributed by atoms with Gasteiger partial charge < -0.3 is 5.32 Å². The Morgan fingerprint density at radius 1 is 1.10 bits per heavy atom. The molecule has 0 unspecified atom stereocenters. The minimum atomic E-state index is -0.0431. The fraction of sp³-hybridized carbons (Fsp3) is 0.0588. The second kappa shape index (κ2) is 6.06. The van der Waals surface area contributed by atoms with Gasteiger partial charge in [-0.25, -0.2) is 0 Å². The summed E-state index contributed by atoms with van der Waals surface area (Å²) in [6.07, 6.45) is 2.09. The van der Waals surface area contributed by atoms with E-state index in [2.05, 4.69) is 26.2 Å². The molecule has 0 saturated heterocycles. The second-order valence-electron chi connectivity index (χ2n) is 4.74. The maximum atomic E-state index is 12.1. The number of fused-ring (bicyclic) bond motifs is 1. The van der Waals surface area contributed by atoms with Gasteiger partial charge in [0.15, 0.2) is 0 Å². The van der Waals surface area contributed by atoms with Gasteiger partial charge in [0.1, 0.15) is 0 Å². The average molecular weight is 341 g/mol. The number of aromatic nitrogens is 1. The average Bonchev–Trinajstić information content (AvgIpc) is 2.48. The summed E-state index contributed by atoms with van der Waals surface area (Å²) in [6, 6.07) is 17.4. The highest BCUT2D eigenvalue weighted by molar-refractivity contribution is 9.10. The lowest BCUT2D eigenvalue weighted by atomic mass is 10.1. The number of amides is 1. The van der Waals surface area contributed by atoms with Crippen LogP contribution in [0.4, 0.5) is 5.69 Å². The fourth-order valence-electron chi connectivity index (χ4n) is 2.21. The van der Waals surface area contributed by atoms with Gasteiger partial charge in [-0.1, -0.05) is 42.5 Å². The predicted molar refractivity (Wildman–Crippen MR) is 88.2 cm³/mol. The van der Waals surface area contributed by atoms with Crippen LogP contribution in [0.2, 0.25) is 0 Å². The Morgan fingerprint density at radius 3 is 2.71 bits per heavy atom. The molecule has 104 valence electrons. The van der Waals surface area contributed by atoms with E-state index in [0.29, 0.717) is 6.42 Å². The zero-order valence-corrected chi connectivity index (χ0v) is 12.8. The first-order chi connectivity index (χ1) is 10.2. The molecule has 0 saturated carbocycles. The molecule has 3 aromatic rings. The maximum Gasteiger partial charge on any atom is 0.228 e. The van der Waals surface area contributed by atoms with Crippen LogP contribution < -0.4 is 5.32 Å². The molecule has 2 aromatic carbocycles. The van der Waals surface area contributed by atoms with Gasteiger partial charge in [0.2, 0.25) is 5.91 Å². The zero-order valence-electron chi connectivity index (χ0n) is 11.2. The van der Waals surface area contributed by atoms with Crippen molar-refractivity contribution >= 4 is 38.4 Å². The van der Waals surface area contributed by atoms with Gasteiger partial charge in [0, 0.05) is 16.1 Å². The third kappa shape index (κ3) is 3.28. The molecule has 1 N–H and O–H groups in total. The van der Waals surface area contributed by atoms with Gasteiger partial charge in [0.05, 0.1) is 17.6 Å². The van der Waals surface area contributed by atoms with Crippen molar-refractivity contribution in [3.05, 3.63) is 70.8 Å². The number of para-hydroxylation sites is 1. The van der Waals surface area contributed by atoms with Crippen molar-refractivity contribution in [3.63, 3.8) is 0 Å². The highest BCUT2D eigenvalue weighted by Crippen LogP contribution is 2.24. The van der Waals surface area contributed by atoms with Crippen LogP contribution in [0.3, 0.4) is 0 Å². The molecule has 3 rings (SSSR count). The Kier molecular flexibility index (Phi) is 3.97. The normalized spacial score (nSPS) is 10.5. The molecule has 0 radical (unpaired) electrons. The molecule has 0 fully saturated rings. The molecule has 0 aliphatic heterocycles. The van der Waals surface area contributed by atoms with E-state index in [1.165, 1.54) is 0 Å². The van der Waals surface area contributed by atoms with Crippen molar-refractivity contribution in [1.82, 2.24) is 4.98 Å². The monoisotopic (exact) mass is 340 g/mol. The molecule has 0 spiro atoms. The van der Waals surface area contributed by atoms with E-state index in [4.69, 9.17) is 0 Å². The van der Waals surface area contributed by atoms with E-state index in [-0.39, 0.29) is 5.91 Å². The van der Waals surface area contributed by atoms with Crippen molar-refractivity contribution in [3.8, 4) is 0 Å². The summed E-state index contributed by atoms with van der Waals surface area (Å²) in [7, 11) is 0. The summed E-state index contributed by atoms with van der Waals surface area (Å²) in [5.41, 5.74) is 2.52. The molecule has 0 atom stereocenters. The molecule has 3 nitrogen and oxygen atoms in total. The molecular weight excluding hydrogens is 328 g/mol. The number of rotatable bonds is 3. The van der Waals surface area contributed by atoms with Gasteiger partial charge in [-0.2, -0.15) is 0 Å². The van der Waals surface area contributed by atoms with Gasteiger partial charge in [-0.15, -0.1) is 0 Å². The summed E-state index contributed by atoms with van der Waals surface area (Å²) in [5.74, 6) is -0.0431. The first-order valence-corrected chi connectivity index (χ1v) is 7.40. The minimum absolute atomic E-state index is 0.0431. The van der Waals surface area contributed by atoms with Crippen molar-refractivity contribution in [2.75, 3.05) is 5.32 Å². The summed E-state index contributed by atoms with van der Waals surface area (Å²) < 4.78 is 0.919. The number of halogens is 1. The molecule has 4 heteroatoms. The largest absolute Gasteiger partial charge is 0.324 e. The predicted octanol–water partition coefficient (Wildman–Crippen LogP) is 4.18. The number of carbonyl (C=O) groups excluding carboxylic acids is 1. The molecule has 0 aliphatic carbocycles. The Labute approximate surface area is 131 Å². The van der Waals surface area contributed by atoms with E-state index < -0.39 is 0 Å². The van der Waals surface area contributed by atoms with E-state index in [1.807, 2.05) is 54.6 Å². The van der Waals surface area contributed by atoms with Crippen LogP contribution in [-0.2, 0) is 11.2 Å². The Bertz CT molecular complexity index is 787. The summed E-state index contributed by atoms with van der Waals surface area (Å²) in [4.78, 5) is 16.5. The van der Waals surface area contributed by atoms with Crippen molar-refractivity contribution < 1.29 is 4.79 Å². The number of nitrogens with one attached hydrogen (secondary N) is 1. The molecule has 21 heavy (non-hydrogen) atoms. The third-order valence-corrected chi connectivity index (χ3v) is 3.59. The number of pyridine rings is 1. The van der Waals surface area contributed by atoms with E-state index in [0.717, 1.165) is 26.6 Å². The molecule has 1 heterocycles. The quantitative estimate of drug-likeness (QED) is 0.777. The Balaban J connectivity index is 1.83. The van der Waals surface area contributed by atoms with Gasteiger partial charge in [0.25, 0.3) is 0 Å². The van der Waals surface area contributed by atoms with Crippen LogP contribution in [-0.4, -0.2) is 10.9 Å². The van der Waals surface area contributed by atoms with Crippen molar-refractivity contribution in [2.24, 2.45) is 0 Å². The first-order valence-electron chi connectivity index (χ1n) is 6.60. The summed E-state index contributed by atoms with van der Waals surface area (Å²) in [5, 5.41) is 3.92. The summed E-state index contributed by atoms with van der Waals surface area (Å²) in [6.45, 7) is 0. The van der Waals surface area contributed by atoms with Crippen molar-refractivity contribution in [2.45, 2.75) is 6.42 Å². The third-order valence-electron chi connectivity index (χ3n) is 3.16. The van der Waals surface area contributed by atoms with Crippen LogP contribution in [0.5, 0.6) is 0 Å². The van der Waals surface area contributed by atoms with E-state index in [9.17, 15) is 4.79 Å². The first kappa shape index (κ1) is 13.8. The number of hydrogen-bond acceptors (Lipinski definition) is 2. The number of hydrogen-bond donors (Lipinski definition) is 1. The van der Waals surface area contributed by atoms with Gasteiger partial charge in [-0.3, -0.25) is 9.78 Å². The molecule has 0 aliphatic rings. The lowest BCUT2D eigenvalue weighted by molar-refractivity contribution is -0.115. The van der Waals surface area contributed by atoms with Crippen molar-refractivity contribution in [1.29, 1.82) is 0 Å². The molecule has 1 amide bonds. The van der Waals surface area contributed by atoms with Gasteiger partial charge in [-0.05, 0) is 33.6 Å². The number of anilines is 1. The van der Waals surface area contributed by atoms with Crippen LogP contribution in [0.15, 0.2) is 65.3 Å². The topological polar surface area (TPSA) is 42.0 Å². The van der Waals surface area contributed by atoms with Crippen LogP contribution in [0.25, 0.3) is 10.9 Å². The van der Waals surface area contributed by atoms with E-state index >= 15 is 0 Å². The number of carbonyl (C=O) groups is 1. The SMILES string of the molecule is O=C(Cc1ccccc1)Nc1cccc2cc(Br)cnc12. The lowest BCUT2D eigenvalue weighted by Crippen LogP contribution is -2.14. The molecule has 0 bridgehead atoms. The fourth-order valence-corrected chi connectivity index (χ4v) is 2.56. The number of nitrogens with zero attached hydrogens (tertiary/aromatic N) is 1. The highest BCUT2D eigenvalue weighted by atomic mass is 79.9. The number of benzene rings is 2. The minimum Gasteiger partial charge on any atom is -0.324 e. The second-order valence-corrected chi connectivity index (χ2v) is 5.66. The molecular formula is C17H13BrN2O. The maximum absolute atomic E-state index is 12.1. The highest BCUT2D eigenvalue weighted by Gasteiger charge is 2.07. The Hall–Kier alpha value is -2.20. The lowest BCUT2D eigenvalue weighted by Gasteiger charge is -2.08. The van der Waals surface area contributed by atoms with Gasteiger partial charge >= 0.3 is 0 Å². The smallest absolute Gasteiger partial charge is 0.228 e.